The molecule has 33 heavy (non-hydrogen) atoms. The Labute approximate surface area is 193 Å². The predicted octanol–water partition coefficient (Wildman–Crippen LogP) is 5.34. The van der Waals surface area contributed by atoms with Gasteiger partial charge in [0.05, 0.1) is 25.6 Å². The maximum Gasteiger partial charge on any atom is 0.0702 e. The van der Waals surface area contributed by atoms with Crippen LogP contribution in [0.5, 0.6) is 0 Å². The second-order valence-corrected chi connectivity index (χ2v) is 9.95. The minimum absolute atomic E-state index is 0.447. The second-order valence-electron chi connectivity index (χ2n) is 8.63. The molecule has 0 spiro atoms. The fraction of sp³-hybridized carbons (Fsp3) is 0.0333. The van der Waals surface area contributed by atoms with Crippen LogP contribution in [0.25, 0.3) is 27.4 Å². The Morgan fingerprint density at radius 1 is 0.667 bits per heavy atom. The number of allylic oxidation sites excluding steroid dienone is 4. The minimum atomic E-state index is -0.447. The van der Waals surface area contributed by atoms with Crippen LogP contribution in [0.4, 0.5) is 0 Å². The third-order valence-electron chi connectivity index (χ3n) is 6.83. The number of aromatic nitrogens is 2. The van der Waals surface area contributed by atoms with Crippen LogP contribution in [0.3, 0.4) is 0 Å². The molecule has 2 aromatic heterocycles. The predicted molar refractivity (Wildman–Crippen MR) is 136 cm³/mol. The van der Waals surface area contributed by atoms with Gasteiger partial charge in [-0.2, -0.15) is 0 Å². The highest BCUT2D eigenvalue weighted by atomic mass is 28.2. The Balaban J connectivity index is 1.63. The van der Waals surface area contributed by atoms with E-state index in [1.165, 1.54) is 31.9 Å². The van der Waals surface area contributed by atoms with Crippen molar-refractivity contribution in [2.45, 2.75) is 5.41 Å². The van der Waals surface area contributed by atoms with Crippen molar-refractivity contribution in [2.24, 2.45) is 0 Å². The number of fused-ring (bicyclic) bond motifs is 4. The first kappa shape index (κ1) is 18.6. The topological polar surface area (TPSA) is 25.8 Å². The first-order chi connectivity index (χ1) is 16.3. The van der Waals surface area contributed by atoms with E-state index in [1.54, 1.807) is 0 Å². The van der Waals surface area contributed by atoms with Gasteiger partial charge in [-0.15, -0.1) is 0 Å². The highest BCUT2D eigenvalue weighted by molar-refractivity contribution is 6.45. The van der Waals surface area contributed by atoms with Gasteiger partial charge in [-0.25, -0.2) is 0 Å². The number of benzene rings is 3. The minimum Gasteiger partial charge on any atom is -0.256 e. The van der Waals surface area contributed by atoms with E-state index in [0.717, 1.165) is 21.8 Å². The Morgan fingerprint density at radius 2 is 1.27 bits per heavy atom. The van der Waals surface area contributed by atoms with Gasteiger partial charge in [0.25, 0.3) is 0 Å². The number of pyridine rings is 2. The number of nitrogens with zero attached hydrogens (tertiary/aromatic N) is 2. The van der Waals surface area contributed by atoms with E-state index >= 15 is 0 Å². The van der Waals surface area contributed by atoms with E-state index in [0.29, 0.717) is 9.13 Å². The molecular formula is C30H19N2Si. The van der Waals surface area contributed by atoms with Crippen LogP contribution in [-0.2, 0) is 5.41 Å². The van der Waals surface area contributed by atoms with Crippen LogP contribution < -0.4 is 5.22 Å². The lowest BCUT2D eigenvalue weighted by Gasteiger charge is -2.36. The molecule has 0 atom stereocenters. The quantitative estimate of drug-likeness (QED) is 0.350. The van der Waals surface area contributed by atoms with Gasteiger partial charge in [-0.3, -0.25) is 9.97 Å². The molecule has 3 heterocycles. The Kier molecular flexibility index (Phi) is 3.96. The standard InChI is InChI=1S/C30H19N2Si/c1-4-11-25-20(8-1)16-22(18-31-25)30(23-17-21-9-2-5-12-26(21)32-19-23)15-7-14-28-29(30)24-10-3-6-13-27(24)33-28/h1-19H. The summed E-state index contributed by atoms with van der Waals surface area (Å²) in [4.78, 5) is 11.2. The van der Waals surface area contributed by atoms with Crippen LogP contribution in [-0.4, -0.2) is 19.1 Å². The average Bonchev–Trinajstić information content (AvgIpc) is 3.27. The van der Waals surface area contributed by atoms with Crippen molar-refractivity contribution in [3.05, 3.63) is 142 Å². The summed E-state index contributed by atoms with van der Waals surface area (Å²) in [6.45, 7) is 0. The molecule has 0 amide bonds. The average molecular weight is 436 g/mol. The van der Waals surface area contributed by atoms with Gasteiger partial charge in [0.1, 0.15) is 0 Å². The molecule has 3 heteroatoms. The van der Waals surface area contributed by atoms with Gasteiger partial charge in [-0.1, -0.05) is 78.9 Å². The second kappa shape index (κ2) is 7.02. The van der Waals surface area contributed by atoms with Crippen molar-refractivity contribution < 1.29 is 0 Å². The molecule has 2 aliphatic rings. The van der Waals surface area contributed by atoms with Crippen molar-refractivity contribution in [2.75, 3.05) is 0 Å². The highest BCUT2D eigenvalue weighted by Crippen LogP contribution is 2.47. The lowest BCUT2D eigenvalue weighted by atomic mass is 9.67. The molecule has 0 fully saturated rings. The zero-order valence-corrected chi connectivity index (χ0v) is 18.9. The molecule has 7 rings (SSSR count). The zero-order valence-electron chi connectivity index (χ0n) is 17.9. The Bertz CT molecular complexity index is 1700. The van der Waals surface area contributed by atoms with Crippen LogP contribution in [0.1, 0.15) is 11.1 Å². The summed E-state index contributed by atoms with van der Waals surface area (Å²) in [7, 11) is 0.660. The molecule has 1 aliphatic heterocycles. The van der Waals surface area contributed by atoms with Crippen LogP contribution in [0.15, 0.2) is 121 Å². The summed E-state index contributed by atoms with van der Waals surface area (Å²) in [5.41, 5.74) is 5.31. The summed E-state index contributed by atoms with van der Waals surface area (Å²) in [6.07, 6.45) is 11.0. The van der Waals surface area contributed by atoms with E-state index in [-0.39, 0.29) is 0 Å². The lowest BCUT2D eigenvalue weighted by molar-refractivity contribution is 0.823. The fourth-order valence-electron chi connectivity index (χ4n) is 5.31. The maximum atomic E-state index is 4.87. The first-order valence-electron chi connectivity index (χ1n) is 11.2. The molecule has 1 radical (unpaired) electrons. The summed E-state index contributed by atoms with van der Waals surface area (Å²) < 4.78 is 0. The summed E-state index contributed by atoms with van der Waals surface area (Å²) in [5, 5.41) is 5.05. The largest absolute Gasteiger partial charge is 0.256 e. The summed E-state index contributed by atoms with van der Waals surface area (Å²) in [6, 6.07) is 30.2. The zero-order chi connectivity index (χ0) is 21.8. The third kappa shape index (κ3) is 2.69. The Hall–Kier alpha value is -3.95. The molecule has 3 aromatic carbocycles. The van der Waals surface area contributed by atoms with Crippen molar-refractivity contribution in [1.29, 1.82) is 0 Å². The molecule has 5 aromatic rings. The van der Waals surface area contributed by atoms with Crippen molar-refractivity contribution in [1.82, 2.24) is 9.97 Å². The molecule has 0 bridgehead atoms. The van der Waals surface area contributed by atoms with Crippen molar-refractivity contribution >= 4 is 36.5 Å². The molecule has 0 saturated heterocycles. The van der Waals surface area contributed by atoms with Gasteiger partial charge in [0.15, 0.2) is 0 Å². The van der Waals surface area contributed by atoms with E-state index in [2.05, 4.69) is 103 Å². The van der Waals surface area contributed by atoms with Gasteiger partial charge < -0.3 is 0 Å². The highest BCUT2D eigenvalue weighted by Gasteiger charge is 2.41. The molecule has 153 valence electrons. The van der Waals surface area contributed by atoms with Gasteiger partial charge in [0.2, 0.25) is 0 Å². The van der Waals surface area contributed by atoms with Gasteiger partial charge in [-0.05, 0) is 56.2 Å². The van der Waals surface area contributed by atoms with Crippen LogP contribution >= 0.6 is 0 Å². The summed E-state index contributed by atoms with van der Waals surface area (Å²) >= 11 is 0. The number of hydrogen-bond acceptors (Lipinski definition) is 2. The Morgan fingerprint density at radius 3 is 1.97 bits per heavy atom. The number of hydrogen-bond donors (Lipinski definition) is 0. The fourth-order valence-corrected chi connectivity index (χ4v) is 6.75. The molecule has 0 saturated carbocycles. The smallest absolute Gasteiger partial charge is 0.0702 e. The van der Waals surface area contributed by atoms with Gasteiger partial charge in [0, 0.05) is 23.2 Å². The van der Waals surface area contributed by atoms with E-state index in [9.17, 15) is 0 Å². The van der Waals surface area contributed by atoms with Gasteiger partial charge >= 0.3 is 0 Å². The number of para-hydroxylation sites is 2. The van der Waals surface area contributed by atoms with Crippen molar-refractivity contribution in [3.8, 4) is 0 Å². The molecule has 2 nitrogen and oxygen atoms in total. The molecule has 0 N–H and O–H groups in total. The molecular weight excluding hydrogens is 416 g/mol. The third-order valence-corrected chi connectivity index (χ3v) is 8.22. The van der Waals surface area contributed by atoms with Crippen LogP contribution in [0.2, 0.25) is 0 Å². The van der Waals surface area contributed by atoms with Crippen LogP contribution in [0, 0.1) is 4.81 Å². The normalized spacial score (nSPS) is 15.8. The number of rotatable bonds is 2. The first-order valence-corrected chi connectivity index (χ1v) is 12.2. The SMILES string of the molecule is C1=CC(c2cnc3ccccc3c2)(c2cnc3ccccc3c2)C2=c3ccccc3=[Si]C2=C1. The molecule has 1 aliphatic carbocycles. The van der Waals surface area contributed by atoms with E-state index < -0.39 is 5.41 Å². The monoisotopic (exact) mass is 435 g/mol. The van der Waals surface area contributed by atoms with E-state index in [4.69, 9.17) is 9.97 Å². The lowest BCUT2D eigenvalue weighted by Crippen LogP contribution is -2.33. The van der Waals surface area contributed by atoms with Crippen molar-refractivity contribution in [3.63, 3.8) is 0 Å². The maximum absolute atomic E-state index is 4.87. The van der Waals surface area contributed by atoms with E-state index in [1.807, 2.05) is 12.1 Å². The molecule has 0 unspecified atom stereocenters. The summed E-state index contributed by atoms with van der Waals surface area (Å²) in [5.74, 6) is 0.